The molecule has 0 unspecified atom stereocenters. The molecule has 5 rings (SSSR count). The van der Waals surface area contributed by atoms with Crippen molar-refractivity contribution in [1.29, 1.82) is 0 Å². The largest absolute Gasteiger partial charge is 0.490 e. The van der Waals surface area contributed by atoms with E-state index in [4.69, 9.17) is 27.9 Å². The van der Waals surface area contributed by atoms with Crippen molar-refractivity contribution in [3.8, 4) is 21.9 Å². The average molecular weight is 876 g/mol. The van der Waals surface area contributed by atoms with Gasteiger partial charge in [-0.1, -0.05) is 87.5 Å². The van der Waals surface area contributed by atoms with E-state index in [0.29, 0.717) is 19.5 Å². The van der Waals surface area contributed by atoms with E-state index >= 15 is 0 Å². The molecule has 12 nitrogen and oxygen atoms in total. The van der Waals surface area contributed by atoms with Crippen LogP contribution in [-0.2, 0) is 16.1 Å². The van der Waals surface area contributed by atoms with Crippen LogP contribution in [0.25, 0.3) is 10.4 Å². The summed E-state index contributed by atoms with van der Waals surface area (Å²) in [5, 5.41) is 19.8. The van der Waals surface area contributed by atoms with Crippen LogP contribution in [0.3, 0.4) is 0 Å². The fraction of sp³-hybridized carbons (Fsp3) is 0.452. The first-order valence-electron chi connectivity index (χ1n) is 19.4. The molecule has 2 aromatic carbocycles. The number of likely N-dealkylation sites (tertiary alicyclic amines) is 1. The minimum Gasteiger partial charge on any atom is -0.490 e. The second kappa shape index (κ2) is 21.2. The number of hydrogen-bond donors (Lipinski definition) is 4. The highest BCUT2D eigenvalue weighted by atomic mass is 35.5. The van der Waals surface area contributed by atoms with Crippen LogP contribution in [0.5, 0.6) is 11.5 Å². The van der Waals surface area contributed by atoms with Crippen LogP contribution in [0.2, 0.25) is 10.0 Å². The lowest BCUT2D eigenvalue weighted by Crippen LogP contribution is -2.56. The SMILES string of the molecule is Cc1ncsc1-c1ccc(CNC(=O)[C@@H]2C[C@@H](O)CN2C(=O)[C@@H](NCCCCCCCOc2cc(C(=O)Nc3c(Cl)cncc3Cl)ccc2OC(F)F)C(C)(C)C)cc1. The number of unbranched alkanes of at least 4 members (excludes halogenated alkanes) is 4. The minimum absolute atomic E-state index is 0.00914. The number of anilines is 1. The Morgan fingerprint density at radius 2 is 1.69 bits per heavy atom. The first-order valence-corrected chi connectivity index (χ1v) is 21.1. The second-order valence-electron chi connectivity index (χ2n) is 15.4. The third kappa shape index (κ3) is 12.8. The first kappa shape index (κ1) is 45.7. The molecule has 4 N–H and O–H groups in total. The van der Waals surface area contributed by atoms with E-state index in [0.717, 1.165) is 47.4 Å². The van der Waals surface area contributed by atoms with Gasteiger partial charge in [-0.2, -0.15) is 8.78 Å². The standard InChI is InChI=1S/C42H50Cl2F2N6O6S/c1-25-36(59-24-50-25)27-12-10-26(11-13-27)20-49-39(55)32-19-29(53)23-52(32)40(56)37(42(2,3)4)48-16-8-6-5-7-9-17-57-34-18-28(14-15-33(34)58-41(45)46)38(54)51-35-30(43)21-47-22-31(35)44/h10-15,18,21-22,24,29,32,37,41,48,53H,5-9,16-17,19-20,23H2,1-4H3,(H,49,55)(H,47,51,54)/t29-,32+,37-/m1/s1. The van der Waals surface area contributed by atoms with Crippen molar-refractivity contribution in [3.05, 3.63) is 87.2 Å². The number of carbonyl (C=O) groups excluding carboxylic acids is 3. The minimum atomic E-state index is -3.09. The molecule has 3 heterocycles. The molecule has 17 heteroatoms. The number of alkyl halides is 2. The van der Waals surface area contributed by atoms with Gasteiger partial charge in [-0.15, -0.1) is 11.3 Å². The first-order chi connectivity index (χ1) is 28.1. The molecule has 59 heavy (non-hydrogen) atoms. The van der Waals surface area contributed by atoms with E-state index in [1.54, 1.807) is 11.3 Å². The van der Waals surface area contributed by atoms with E-state index < -0.39 is 36.1 Å². The molecule has 0 radical (unpaired) electrons. The highest BCUT2D eigenvalue weighted by Gasteiger charge is 2.43. The Morgan fingerprint density at radius 3 is 2.36 bits per heavy atom. The number of aliphatic hydroxyl groups excluding tert-OH is 1. The molecule has 3 amide bonds. The molecule has 1 aliphatic heterocycles. The van der Waals surface area contributed by atoms with E-state index in [1.165, 1.54) is 35.5 Å². The molecule has 0 saturated carbocycles. The van der Waals surface area contributed by atoms with Crippen LogP contribution in [-0.4, -0.2) is 82.2 Å². The number of carbonyl (C=O) groups is 3. The topological polar surface area (TPSA) is 155 Å². The predicted octanol–water partition coefficient (Wildman–Crippen LogP) is 8.29. The number of hydrogen-bond acceptors (Lipinski definition) is 10. The van der Waals surface area contributed by atoms with E-state index in [2.05, 4.69) is 30.7 Å². The molecule has 4 aromatic rings. The monoisotopic (exact) mass is 874 g/mol. The van der Waals surface area contributed by atoms with Crippen molar-refractivity contribution < 1.29 is 37.7 Å². The number of thiazole rings is 1. The molecule has 0 spiro atoms. The normalized spacial score (nSPS) is 15.9. The van der Waals surface area contributed by atoms with Crippen molar-refractivity contribution in [1.82, 2.24) is 25.5 Å². The number of β-amino-alcohol motifs (C(OH)–C–C–N with tert-alkyl or cyclic N) is 1. The summed E-state index contributed by atoms with van der Waals surface area (Å²) in [6.45, 7) is 5.91. The number of nitrogens with zero attached hydrogens (tertiary/aromatic N) is 3. The number of aromatic nitrogens is 2. The van der Waals surface area contributed by atoms with Crippen molar-refractivity contribution >= 4 is 57.9 Å². The molecular formula is C42H50Cl2F2N6O6S. The lowest BCUT2D eigenvalue weighted by atomic mass is 9.85. The number of halogens is 4. The number of ether oxygens (including phenoxy) is 2. The zero-order valence-electron chi connectivity index (χ0n) is 33.4. The third-order valence-corrected chi connectivity index (χ3v) is 11.4. The van der Waals surface area contributed by atoms with Gasteiger partial charge in [0.15, 0.2) is 11.5 Å². The molecule has 1 aliphatic rings. The Bertz CT molecular complexity index is 2030. The third-order valence-electron chi connectivity index (χ3n) is 9.85. The summed E-state index contributed by atoms with van der Waals surface area (Å²) in [6, 6.07) is 10.4. The zero-order chi connectivity index (χ0) is 42.7. The molecule has 1 fully saturated rings. The van der Waals surface area contributed by atoms with Gasteiger partial charge in [0.25, 0.3) is 5.91 Å². The Hall–Kier alpha value is -4.41. The molecular weight excluding hydrogens is 825 g/mol. The van der Waals surface area contributed by atoms with Gasteiger partial charge in [-0.3, -0.25) is 19.4 Å². The van der Waals surface area contributed by atoms with Crippen LogP contribution >= 0.6 is 34.5 Å². The summed E-state index contributed by atoms with van der Waals surface area (Å²) in [5.74, 6) is -1.33. The fourth-order valence-corrected chi connectivity index (χ4v) is 8.02. The average Bonchev–Trinajstić information content (AvgIpc) is 3.81. The van der Waals surface area contributed by atoms with Crippen molar-refractivity contribution in [2.45, 2.75) is 97.6 Å². The molecule has 0 bridgehead atoms. The highest BCUT2D eigenvalue weighted by Crippen LogP contribution is 2.33. The summed E-state index contributed by atoms with van der Waals surface area (Å²) >= 11 is 13.8. The zero-order valence-corrected chi connectivity index (χ0v) is 35.7. The lowest BCUT2D eigenvalue weighted by molar-refractivity contribution is -0.142. The van der Waals surface area contributed by atoms with Gasteiger partial charge in [0.1, 0.15) is 6.04 Å². The highest BCUT2D eigenvalue weighted by molar-refractivity contribution is 7.13. The summed E-state index contributed by atoms with van der Waals surface area (Å²) in [5.41, 5.74) is 4.58. The van der Waals surface area contributed by atoms with Crippen LogP contribution in [0.4, 0.5) is 14.5 Å². The quantitative estimate of drug-likeness (QED) is 0.0682. The van der Waals surface area contributed by atoms with E-state index in [-0.39, 0.29) is 64.2 Å². The van der Waals surface area contributed by atoms with Gasteiger partial charge in [0.05, 0.1) is 50.6 Å². The number of nitrogens with one attached hydrogen (secondary N) is 3. The summed E-state index contributed by atoms with van der Waals surface area (Å²) in [7, 11) is 0. The number of benzene rings is 2. The predicted molar refractivity (Wildman–Crippen MR) is 225 cm³/mol. The smallest absolute Gasteiger partial charge is 0.387 e. The number of aryl methyl sites for hydroxylation is 1. The molecule has 1 saturated heterocycles. The maximum atomic E-state index is 14.0. The van der Waals surface area contributed by atoms with Crippen LogP contribution < -0.4 is 25.4 Å². The Labute approximate surface area is 357 Å². The van der Waals surface area contributed by atoms with Crippen molar-refractivity contribution in [2.75, 3.05) is 25.0 Å². The Balaban J connectivity index is 1.06. The van der Waals surface area contributed by atoms with Gasteiger partial charge in [0, 0.05) is 37.5 Å². The molecule has 0 aliphatic carbocycles. The van der Waals surface area contributed by atoms with Gasteiger partial charge in [-0.25, -0.2) is 4.98 Å². The molecule has 3 atom stereocenters. The van der Waals surface area contributed by atoms with Gasteiger partial charge in [0.2, 0.25) is 11.8 Å². The lowest BCUT2D eigenvalue weighted by Gasteiger charge is -2.35. The second-order valence-corrected chi connectivity index (χ2v) is 17.1. The number of amides is 3. The molecule has 2 aromatic heterocycles. The van der Waals surface area contributed by atoms with Gasteiger partial charge < -0.3 is 35.4 Å². The van der Waals surface area contributed by atoms with Crippen LogP contribution in [0.1, 0.15) is 80.9 Å². The maximum absolute atomic E-state index is 14.0. The molecule has 318 valence electrons. The van der Waals surface area contributed by atoms with Crippen molar-refractivity contribution in [3.63, 3.8) is 0 Å². The maximum Gasteiger partial charge on any atom is 0.387 e. The van der Waals surface area contributed by atoms with E-state index in [9.17, 15) is 28.3 Å². The number of rotatable bonds is 19. The van der Waals surface area contributed by atoms with Crippen molar-refractivity contribution in [2.24, 2.45) is 5.41 Å². The fourth-order valence-electron chi connectivity index (χ4n) is 6.75. The summed E-state index contributed by atoms with van der Waals surface area (Å²) in [6.07, 6.45) is 5.90. The van der Waals surface area contributed by atoms with E-state index in [1.807, 2.05) is 57.5 Å². The van der Waals surface area contributed by atoms with Gasteiger partial charge >= 0.3 is 6.61 Å². The van der Waals surface area contributed by atoms with Crippen LogP contribution in [0, 0.1) is 12.3 Å². The van der Waals surface area contributed by atoms with Gasteiger partial charge in [-0.05, 0) is 61.1 Å². The number of aliphatic hydroxyl groups is 1. The summed E-state index contributed by atoms with van der Waals surface area (Å²) in [4.78, 5) is 51.1. The van der Waals surface area contributed by atoms with Crippen LogP contribution in [0.15, 0.2) is 60.4 Å². The number of pyridine rings is 1. The Kier molecular flexibility index (Phi) is 16.4. The Morgan fingerprint density at radius 1 is 1.00 bits per heavy atom. The summed E-state index contributed by atoms with van der Waals surface area (Å²) < 4.78 is 36.6.